The number of sulfonamides is 1. The Kier molecular flexibility index (Phi) is 5.17. The number of rotatable bonds is 5. The molecule has 0 radical (unpaired) electrons. The molecule has 30 heavy (non-hydrogen) atoms. The van der Waals surface area contributed by atoms with Crippen LogP contribution in [0.15, 0.2) is 59.1 Å². The average molecular weight is 429 g/mol. The van der Waals surface area contributed by atoms with E-state index in [2.05, 4.69) is 5.32 Å². The first-order valence-electron chi connectivity index (χ1n) is 9.49. The van der Waals surface area contributed by atoms with Crippen molar-refractivity contribution in [1.82, 2.24) is 9.21 Å². The van der Waals surface area contributed by atoms with Crippen molar-refractivity contribution in [3.8, 4) is 0 Å². The van der Waals surface area contributed by atoms with Gasteiger partial charge in [-0.25, -0.2) is 12.8 Å². The summed E-state index contributed by atoms with van der Waals surface area (Å²) in [6.07, 6.45) is 1.65. The molecule has 0 spiro atoms. The highest BCUT2D eigenvalue weighted by molar-refractivity contribution is 7.89. The Bertz CT molecular complexity index is 1150. The van der Waals surface area contributed by atoms with E-state index in [0.717, 1.165) is 17.7 Å². The molecule has 2 aromatic carbocycles. The number of hydrogen-bond donors (Lipinski definition) is 1. The summed E-state index contributed by atoms with van der Waals surface area (Å²) in [5.41, 5.74) is 0.879. The predicted octanol–water partition coefficient (Wildman–Crippen LogP) is 2.43. The molecule has 1 N–H and O–H groups in total. The molecule has 0 aromatic heterocycles. The number of nitrogens with zero attached hydrogens (tertiary/aromatic N) is 2. The van der Waals surface area contributed by atoms with Gasteiger partial charge in [0.15, 0.2) is 0 Å². The van der Waals surface area contributed by atoms with Crippen LogP contribution in [0.3, 0.4) is 0 Å². The maximum atomic E-state index is 13.3. The second-order valence-corrected chi connectivity index (χ2v) is 9.13. The van der Waals surface area contributed by atoms with E-state index < -0.39 is 27.7 Å². The lowest BCUT2D eigenvalue weighted by molar-refractivity contribution is -0.135. The number of likely N-dealkylation sites (N-methyl/N-ethyl adjacent to an activating group) is 1. The summed E-state index contributed by atoms with van der Waals surface area (Å²) in [4.78, 5) is 26.3. The average Bonchev–Trinajstić information content (AvgIpc) is 3.35. The number of imide groups is 1. The van der Waals surface area contributed by atoms with E-state index in [1.54, 1.807) is 12.1 Å². The highest BCUT2D eigenvalue weighted by Gasteiger charge is 2.37. The molecule has 156 valence electrons. The zero-order valence-corrected chi connectivity index (χ0v) is 17.1. The summed E-state index contributed by atoms with van der Waals surface area (Å²) in [6, 6.07) is 11.4. The second-order valence-electron chi connectivity index (χ2n) is 7.19. The van der Waals surface area contributed by atoms with E-state index in [9.17, 15) is 22.4 Å². The van der Waals surface area contributed by atoms with E-state index >= 15 is 0 Å². The maximum absolute atomic E-state index is 13.3. The molecule has 9 heteroatoms. The van der Waals surface area contributed by atoms with E-state index in [1.165, 1.54) is 47.8 Å². The van der Waals surface area contributed by atoms with Gasteiger partial charge in [0.05, 0.1) is 10.5 Å². The topological polar surface area (TPSA) is 86.8 Å². The molecule has 2 aliphatic rings. The summed E-state index contributed by atoms with van der Waals surface area (Å²) in [6.45, 7) is 0.968. The Morgan fingerprint density at radius 1 is 0.967 bits per heavy atom. The van der Waals surface area contributed by atoms with Crippen LogP contribution in [0.5, 0.6) is 0 Å². The van der Waals surface area contributed by atoms with Crippen molar-refractivity contribution in [3.63, 3.8) is 0 Å². The summed E-state index contributed by atoms with van der Waals surface area (Å²) in [5, 5.41) is 2.91. The number of carbonyl (C=O) groups is 2. The van der Waals surface area contributed by atoms with E-state index in [4.69, 9.17) is 0 Å². The maximum Gasteiger partial charge on any atom is 0.277 e. The quantitative estimate of drug-likeness (QED) is 0.738. The van der Waals surface area contributed by atoms with E-state index in [0.29, 0.717) is 24.3 Å². The number of benzene rings is 2. The van der Waals surface area contributed by atoms with Crippen LogP contribution in [0.1, 0.15) is 18.4 Å². The smallest absolute Gasteiger partial charge is 0.277 e. The standard InChI is InChI=1S/C21H20FN3O4S/c1-24-20(26)18(14-7-9-15(22)10-8-14)19(21(24)27)23-16-5-4-6-17(13-16)30(28,29)25-11-2-3-12-25/h4-10,13,23H,2-3,11-12H2,1H3. The van der Waals surface area contributed by atoms with E-state index in [-0.39, 0.29) is 16.2 Å². The number of amides is 2. The molecule has 0 saturated carbocycles. The van der Waals surface area contributed by atoms with Crippen molar-refractivity contribution in [2.45, 2.75) is 17.7 Å². The first-order valence-corrected chi connectivity index (χ1v) is 10.9. The molecule has 2 heterocycles. The molecule has 0 aliphatic carbocycles. The van der Waals surface area contributed by atoms with Gasteiger partial charge in [-0.15, -0.1) is 0 Å². The van der Waals surface area contributed by atoms with Gasteiger partial charge in [-0.05, 0) is 48.7 Å². The second kappa shape index (κ2) is 7.66. The van der Waals surface area contributed by atoms with Crippen LogP contribution in [0, 0.1) is 5.82 Å². The molecule has 4 rings (SSSR count). The number of halogens is 1. The predicted molar refractivity (Wildman–Crippen MR) is 109 cm³/mol. The fraction of sp³-hybridized carbons (Fsp3) is 0.238. The Hall–Kier alpha value is -3.04. The minimum atomic E-state index is -3.63. The highest BCUT2D eigenvalue weighted by Crippen LogP contribution is 2.31. The fourth-order valence-corrected chi connectivity index (χ4v) is 5.16. The van der Waals surface area contributed by atoms with Gasteiger partial charge in [0.2, 0.25) is 10.0 Å². The van der Waals surface area contributed by atoms with Crippen LogP contribution in [-0.2, 0) is 19.6 Å². The molecule has 0 atom stereocenters. The Morgan fingerprint density at radius 3 is 2.30 bits per heavy atom. The summed E-state index contributed by atoms with van der Waals surface area (Å²) in [7, 11) is -2.27. The molecule has 1 fully saturated rings. The number of anilines is 1. The largest absolute Gasteiger partial charge is 0.350 e. The van der Waals surface area contributed by atoms with Gasteiger partial charge in [0.1, 0.15) is 11.5 Å². The van der Waals surface area contributed by atoms with Crippen molar-refractivity contribution >= 4 is 33.1 Å². The lowest BCUT2D eigenvalue weighted by Gasteiger charge is -2.16. The third-order valence-corrected chi connectivity index (χ3v) is 7.12. The molecular weight excluding hydrogens is 409 g/mol. The van der Waals surface area contributed by atoms with Crippen LogP contribution in [0.2, 0.25) is 0 Å². The fourth-order valence-electron chi connectivity index (χ4n) is 3.60. The third-order valence-electron chi connectivity index (χ3n) is 5.23. The Morgan fingerprint density at radius 2 is 1.63 bits per heavy atom. The molecule has 0 bridgehead atoms. The Labute approximate surface area is 173 Å². The Balaban J connectivity index is 1.72. The molecule has 2 aromatic rings. The van der Waals surface area contributed by atoms with Crippen LogP contribution in [0.25, 0.3) is 5.57 Å². The SMILES string of the molecule is CN1C(=O)C(Nc2cccc(S(=O)(=O)N3CCCC3)c2)=C(c2ccc(F)cc2)C1=O. The first kappa shape index (κ1) is 20.2. The minimum absolute atomic E-state index is 0.0184. The van der Waals surface area contributed by atoms with Crippen LogP contribution < -0.4 is 5.32 Å². The lowest BCUT2D eigenvalue weighted by Crippen LogP contribution is -2.28. The van der Waals surface area contributed by atoms with Gasteiger partial charge >= 0.3 is 0 Å². The molecule has 2 aliphatic heterocycles. The van der Waals surface area contributed by atoms with Crippen LogP contribution in [0.4, 0.5) is 10.1 Å². The van der Waals surface area contributed by atoms with Gasteiger partial charge in [-0.3, -0.25) is 14.5 Å². The van der Waals surface area contributed by atoms with Gasteiger partial charge in [-0.1, -0.05) is 18.2 Å². The summed E-state index contributed by atoms with van der Waals surface area (Å²) >= 11 is 0. The zero-order chi connectivity index (χ0) is 21.5. The normalized spacial score (nSPS) is 17.9. The van der Waals surface area contributed by atoms with Crippen LogP contribution in [-0.4, -0.2) is 49.6 Å². The summed E-state index contributed by atoms with van der Waals surface area (Å²) in [5.74, 6) is -1.53. The van der Waals surface area contributed by atoms with E-state index in [1.807, 2.05) is 0 Å². The number of nitrogens with one attached hydrogen (secondary N) is 1. The van der Waals surface area contributed by atoms with Gasteiger partial charge in [-0.2, -0.15) is 4.31 Å². The molecule has 0 unspecified atom stereocenters. The van der Waals surface area contributed by atoms with Crippen molar-refractivity contribution < 1.29 is 22.4 Å². The monoisotopic (exact) mass is 429 g/mol. The van der Waals surface area contributed by atoms with Gasteiger partial charge < -0.3 is 5.32 Å². The summed E-state index contributed by atoms with van der Waals surface area (Å²) < 4.78 is 40.4. The van der Waals surface area contributed by atoms with Crippen molar-refractivity contribution in [2.24, 2.45) is 0 Å². The lowest BCUT2D eigenvalue weighted by atomic mass is 10.0. The molecular formula is C21H20FN3O4S. The number of carbonyl (C=O) groups excluding carboxylic acids is 2. The van der Waals surface area contributed by atoms with Gasteiger partial charge in [0.25, 0.3) is 11.8 Å². The minimum Gasteiger partial charge on any atom is -0.350 e. The molecule has 1 saturated heterocycles. The molecule has 7 nitrogen and oxygen atoms in total. The van der Waals surface area contributed by atoms with Crippen LogP contribution >= 0.6 is 0 Å². The first-order chi connectivity index (χ1) is 14.3. The van der Waals surface area contributed by atoms with Gasteiger partial charge in [0, 0.05) is 25.8 Å². The number of hydrogen-bond acceptors (Lipinski definition) is 5. The van der Waals surface area contributed by atoms with Crippen molar-refractivity contribution in [1.29, 1.82) is 0 Å². The van der Waals surface area contributed by atoms with Crippen molar-refractivity contribution in [2.75, 3.05) is 25.5 Å². The molecule has 2 amide bonds. The third kappa shape index (κ3) is 3.50. The highest BCUT2D eigenvalue weighted by atomic mass is 32.2. The van der Waals surface area contributed by atoms with Crippen molar-refractivity contribution in [3.05, 3.63) is 65.6 Å². The zero-order valence-electron chi connectivity index (χ0n) is 16.3.